The number of hydrogen-bond acceptors (Lipinski definition) is 8. The first kappa shape index (κ1) is 20.4. The number of carbonyl (C=O) groups excluding carboxylic acids is 1. The van der Waals surface area contributed by atoms with Gasteiger partial charge in [0.25, 0.3) is 0 Å². The SMILES string of the molecule is Cl.Cn1nc(C2CCNCC2)nc1NC(=O)CCc1nc(-c2cccs2)no1. The molecule has 0 aliphatic carbocycles. The molecule has 1 aliphatic heterocycles. The molecule has 0 radical (unpaired) electrons. The Kier molecular flexibility index (Phi) is 6.76. The van der Waals surface area contributed by atoms with Gasteiger partial charge >= 0.3 is 0 Å². The van der Waals surface area contributed by atoms with Crippen molar-refractivity contribution >= 4 is 35.6 Å². The number of nitrogens with zero attached hydrogens (tertiary/aromatic N) is 5. The van der Waals surface area contributed by atoms with Crippen LogP contribution < -0.4 is 10.6 Å². The average Bonchev–Trinajstić information content (AvgIpc) is 3.42. The molecule has 0 atom stereocenters. The fourth-order valence-electron chi connectivity index (χ4n) is 3.04. The Labute approximate surface area is 172 Å². The number of amides is 1. The number of carbonyl (C=O) groups is 1. The Balaban J connectivity index is 0.00000225. The maximum atomic E-state index is 12.3. The summed E-state index contributed by atoms with van der Waals surface area (Å²) >= 11 is 1.54. The first-order valence-corrected chi connectivity index (χ1v) is 9.85. The van der Waals surface area contributed by atoms with E-state index in [1.165, 1.54) is 0 Å². The van der Waals surface area contributed by atoms with Gasteiger partial charge in [-0.1, -0.05) is 11.2 Å². The van der Waals surface area contributed by atoms with Crippen LogP contribution in [0.15, 0.2) is 22.0 Å². The van der Waals surface area contributed by atoms with E-state index in [1.54, 1.807) is 23.1 Å². The third-order valence-electron chi connectivity index (χ3n) is 4.51. The van der Waals surface area contributed by atoms with Crippen LogP contribution in [0.2, 0.25) is 0 Å². The Morgan fingerprint density at radius 2 is 2.21 bits per heavy atom. The van der Waals surface area contributed by atoms with Crippen molar-refractivity contribution in [2.45, 2.75) is 31.6 Å². The van der Waals surface area contributed by atoms with Crippen LogP contribution in [-0.2, 0) is 18.3 Å². The molecular formula is C17H22ClN7O2S. The first-order valence-electron chi connectivity index (χ1n) is 8.97. The topological polar surface area (TPSA) is 111 Å². The van der Waals surface area contributed by atoms with Gasteiger partial charge in [0.15, 0.2) is 5.82 Å². The molecule has 0 aromatic carbocycles. The Bertz CT molecular complexity index is 903. The molecule has 1 fully saturated rings. The van der Waals surface area contributed by atoms with Gasteiger partial charge in [-0.15, -0.1) is 23.7 Å². The molecule has 1 amide bonds. The number of hydrogen-bond donors (Lipinski definition) is 2. The second kappa shape index (κ2) is 9.26. The summed E-state index contributed by atoms with van der Waals surface area (Å²) in [5, 5.41) is 16.5. The van der Waals surface area contributed by atoms with Crippen LogP contribution in [0.1, 0.15) is 36.9 Å². The van der Waals surface area contributed by atoms with Gasteiger partial charge in [-0.25, -0.2) is 4.68 Å². The normalized spacial score (nSPS) is 14.6. The monoisotopic (exact) mass is 423 g/mol. The fourth-order valence-corrected chi connectivity index (χ4v) is 3.69. The van der Waals surface area contributed by atoms with E-state index in [9.17, 15) is 4.79 Å². The van der Waals surface area contributed by atoms with Crippen LogP contribution in [0.3, 0.4) is 0 Å². The summed E-state index contributed by atoms with van der Waals surface area (Å²) in [6.07, 6.45) is 2.65. The molecule has 4 heterocycles. The Morgan fingerprint density at radius 1 is 1.39 bits per heavy atom. The summed E-state index contributed by atoms with van der Waals surface area (Å²) in [6, 6.07) is 3.86. The first-order chi connectivity index (χ1) is 13.2. The average molecular weight is 424 g/mol. The highest BCUT2D eigenvalue weighted by Crippen LogP contribution is 2.23. The Hall–Kier alpha value is -2.30. The molecule has 11 heteroatoms. The van der Waals surface area contributed by atoms with Crippen molar-refractivity contribution in [2.24, 2.45) is 7.05 Å². The summed E-state index contributed by atoms with van der Waals surface area (Å²) in [5.41, 5.74) is 0. The molecule has 0 saturated carbocycles. The predicted molar refractivity (Wildman–Crippen MR) is 108 cm³/mol. The number of piperidine rings is 1. The van der Waals surface area contributed by atoms with E-state index < -0.39 is 0 Å². The van der Waals surface area contributed by atoms with Gasteiger partial charge in [0.2, 0.25) is 23.6 Å². The van der Waals surface area contributed by atoms with Gasteiger partial charge in [0, 0.05) is 25.8 Å². The van der Waals surface area contributed by atoms with E-state index in [0.717, 1.165) is 36.6 Å². The molecule has 28 heavy (non-hydrogen) atoms. The number of rotatable bonds is 6. The van der Waals surface area contributed by atoms with Gasteiger partial charge in [0.1, 0.15) is 0 Å². The predicted octanol–water partition coefficient (Wildman–Crippen LogP) is 2.39. The third-order valence-corrected chi connectivity index (χ3v) is 5.38. The minimum Gasteiger partial charge on any atom is -0.339 e. The zero-order valence-corrected chi connectivity index (χ0v) is 17.1. The number of anilines is 1. The lowest BCUT2D eigenvalue weighted by Crippen LogP contribution is -2.27. The standard InChI is InChI=1S/C17H21N7O2S.ClH/c1-24-17(21-15(22-24)11-6-8-18-9-7-11)19-13(25)4-5-14-20-16(23-26-14)12-3-2-10-27-12;/h2-3,10-11,18H,4-9H2,1H3,(H,19,21,22,25);1H. The van der Waals surface area contributed by atoms with Crippen molar-refractivity contribution in [3.05, 3.63) is 29.2 Å². The van der Waals surface area contributed by atoms with E-state index in [0.29, 0.717) is 30.0 Å². The number of aromatic nitrogens is 5. The van der Waals surface area contributed by atoms with Crippen LogP contribution in [0.4, 0.5) is 5.95 Å². The smallest absolute Gasteiger partial charge is 0.227 e. The summed E-state index contributed by atoms with van der Waals surface area (Å²) < 4.78 is 6.84. The van der Waals surface area contributed by atoms with Gasteiger partial charge in [-0.05, 0) is 37.4 Å². The van der Waals surface area contributed by atoms with Crippen LogP contribution in [0.25, 0.3) is 10.7 Å². The number of thiophene rings is 1. The number of aryl methyl sites for hydroxylation is 2. The second-order valence-corrected chi connectivity index (χ2v) is 7.43. The molecule has 3 aromatic rings. The largest absolute Gasteiger partial charge is 0.339 e. The molecule has 4 rings (SSSR count). The molecule has 0 bridgehead atoms. The molecule has 9 nitrogen and oxygen atoms in total. The highest BCUT2D eigenvalue weighted by molar-refractivity contribution is 7.13. The lowest BCUT2D eigenvalue weighted by molar-refractivity contribution is -0.116. The van der Waals surface area contributed by atoms with Gasteiger partial charge in [-0.3, -0.25) is 10.1 Å². The summed E-state index contributed by atoms with van der Waals surface area (Å²) in [4.78, 5) is 22.0. The van der Waals surface area contributed by atoms with Gasteiger partial charge in [0.05, 0.1) is 4.88 Å². The molecule has 2 N–H and O–H groups in total. The van der Waals surface area contributed by atoms with E-state index in [4.69, 9.17) is 4.52 Å². The summed E-state index contributed by atoms with van der Waals surface area (Å²) in [6.45, 7) is 1.95. The molecule has 0 spiro atoms. The molecule has 150 valence electrons. The minimum atomic E-state index is -0.154. The van der Waals surface area contributed by atoms with Crippen LogP contribution >= 0.6 is 23.7 Å². The van der Waals surface area contributed by atoms with Gasteiger partial charge < -0.3 is 9.84 Å². The summed E-state index contributed by atoms with van der Waals surface area (Å²) in [5.74, 6) is 2.46. The molecule has 1 saturated heterocycles. The summed E-state index contributed by atoms with van der Waals surface area (Å²) in [7, 11) is 1.79. The molecule has 1 aliphatic rings. The van der Waals surface area contributed by atoms with Crippen molar-refractivity contribution in [2.75, 3.05) is 18.4 Å². The van der Waals surface area contributed by atoms with Crippen LogP contribution in [0, 0.1) is 0 Å². The Morgan fingerprint density at radius 3 is 2.96 bits per heavy atom. The zero-order chi connectivity index (χ0) is 18.6. The van der Waals surface area contributed by atoms with Crippen molar-refractivity contribution in [1.29, 1.82) is 0 Å². The molecular weight excluding hydrogens is 402 g/mol. The maximum absolute atomic E-state index is 12.3. The van der Waals surface area contributed by atoms with Crippen molar-refractivity contribution in [3.63, 3.8) is 0 Å². The lowest BCUT2D eigenvalue weighted by atomic mass is 9.98. The number of nitrogens with one attached hydrogen (secondary N) is 2. The third kappa shape index (κ3) is 4.75. The fraction of sp³-hybridized carbons (Fsp3) is 0.471. The van der Waals surface area contributed by atoms with Crippen molar-refractivity contribution in [3.8, 4) is 10.7 Å². The molecule has 3 aromatic heterocycles. The minimum absolute atomic E-state index is 0. The van der Waals surface area contributed by atoms with E-state index in [1.807, 2.05) is 17.5 Å². The quantitative estimate of drug-likeness (QED) is 0.626. The van der Waals surface area contributed by atoms with Crippen LogP contribution in [-0.4, -0.2) is 43.9 Å². The number of halogens is 1. The van der Waals surface area contributed by atoms with E-state index >= 15 is 0 Å². The zero-order valence-electron chi connectivity index (χ0n) is 15.4. The maximum Gasteiger partial charge on any atom is 0.227 e. The van der Waals surface area contributed by atoms with Gasteiger partial charge in [-0.2, -0.15) is 15.1 Å². The van der Waals surface area contributed by atoms with Crippen molar-refractivity contribution < 1.29 is 9.32 Å². The lowest BCUT2D eigenvalue weighted by Gasteiger charge is -2.19. The van der Waals surface area contributed by atoms with Crippen LogP contribution in [0.5, 0.6) is 0 Å². The second-order valence-electron chi connectivity index (χ2n) is 6.48. The van der Waals surface area contributed by atoms with E-state index in [-0.39, 0.29) is 24.7 Å². The highest BCUT2D eigenvalue weighted by Gasteiger charge is 2.21. The van der Waals surface area contributed by atoms with Crippen molar-refractivity contribution in [1.82, 2.24) is 30.2 Å². The molecule has 0 unspecified atom stereocenters. The highest BCUT2D eigenvalue weighted by atomic mass is 35.5. The van der Waals surface area contributed by atoms with E-state index in [2.05, 4.69) is 30.9 Å².